The fourth-order valence-electron chi connectivity index (χ4n) is 1.99. The molecule has 0 unspecified atom stereocenters. The van der Waals surface area contributed by atoms with E-state index in [9.17, 15) is 4.79 Å². The number of nitrogens with one attached hydrogen (secondary N) is 1. The van der Waals surface area contributed by atoms with Crippen LogP contribution in [0.3, 0.4) is 0 Å². The van der Waals surface area contributed by atoms with Crippen molar-refractivity contribution in [2.75, 3.05) is 0 Å². The third-order valence-electron chi connectivity index (χ3n) is 3.29. The van der Waals surface area contributed by atoms with E-state index in [-0.39, 0.29) is 24.0 Å². The molecule has 3 aromatic heterocycles. The van der Waals surface area contributed by atoms with Crippen molar-refractivity contribution in [3.63, 3.8) is 0 Å². The predicted molar refractivity (Wildman–Crippen MR) is 71.6 cm³/mol. The lowest BCUT2D eigenvalue weighted by atomic mass is 10.4. The van der Waals surface area contributed by atoms with Gasteiger partial charge in [0.1, 0.15) is 6.26 Å². The van der Waals surface area contributed by atoms with Gasteiger partial charge in [0.2, 0.25) is 0 Å². The van der Waals surface area contributed by atoms with Crippen molar-refractivity contribution < 1.29 is 18.2 Å². The van der Waals surface area contributed by atoms with Crippen LogP contribution in [0.2, 0.25) is 0 Å². The third kappa shape index (κ3) is 2.50. The predicted octanol–water partition coefficient (Wildman–Crippen LogP) is 2.12. The quantitative estimate of drug-likeness (QED) is 0.768. The van der Waals surface area contributed by atoms with Crippen molar-refractivity contribution in [1.29, 1.82) is 0 Å². The highest BCUT2D eigenvalue weighted by Gasteiger charge is 2.29. The molecule has 0 bridgehead atoms. The molecule has 0 aliphatic heterocycles. The zero-order valence-electron chi connectivity index (χ0n) is 11.5. The van der Waals surface area contributed by atoms with E-state index in [0.29, 0.717) is 23.4 Å². The SMILES string of the molecule is O=C(NCc1noc(-c2ccco2)n1)c1coc(C2CC2)n1. The van der Waals surface area contributed by atoms with Gasteiger partial charge < -0.3 is 18.7 Å². The number of amides is 1. The summed E-state index contributed by atoms with van der Waals surface area (Å²) in [4.78, 5) is 20.3. The number of rotatable bonds is 5. The minimum absolute atomic E-state index is 0.134. The monoisotopic (exact) mass is 300 g/mol. The van der Waals surface area contributed by atoms with Crippen LogP contribution >= 0.6 is 0 Å². The Morgan fingerprint density at radius 3 is 3.00 bits per heavy atom. The summed E-state index contributed by atoms with van der Waals surface area (Å²) in [5.74, 6) is 1.77. The molecule has 1 aliphatic rings. The minimum Gasteiger partial charge on any atom is -0.459 e. The molecule has 1 fully saturated rings. The van der Waals surface area contributed by atoms with E-state index in [1.54, 1.807) is 12.1 Å². The Balaban J connectivity index is 1.38. The van der Waals surface area contributed by atoms with E-state index in [2.05, 4.69) is 20.4 Å². The second-order valence-electron chi connectivity index (χ2n) is 5.02. The molecule has 0 spiro atoms. The maximum atomic E-state index is 12.0. The van der Waals surface area contributed by atoms with E-state index in [4.69, 9.17) is 13.4 Å². The summed E-state index contributed by atoms with van der Waals surface area (Å²) in [6.45, 7) is 0.134. The molecule has 0 saturated heterocycles. The third-order valence-corrected chi connectivity index (χ3v) is 3.29. The van der Waals surface area contributed by atoms with Crippen molar-refractivity contribution in [2.45, 2.75) is 25.3 Å². The smallest absolute Gasteiger partial charge is 0.293 e. The van der Waals surface area contributed by atoms with Gasteiger partial charge >= 0.3 is 0 Å². The number of carbonyl (C=O) groups excluding carboxylic acids is 1. The van der Waals surface area contributed by atoms with Crippen LogP contribution < -0.4 is 5.32 Å². The minimum atomic E-state index is -0.333. The normalized spacial score (nSPS) is 14.2. The van der Waals surface area contributed by atoms with Crippen molar-refractivity contribution in [3.8, 4) is 11.7 Å². The zero-order chi connectivity index (χ0) is 14.9. The van der Waals surface area contributed by atoms with Gasteiger partial charge in [0.25, 0.3) is 11.8 Å². The molecule has 1 N–H and O–H groups in total. The van der Waals surface area contributed by atoms with Gasteiger partial charge in [-0.15, -0.1) is 0 Å². The number of aromatic nitrogens is 3. The molecule has 8 heteroatoms. The van der Waals surface area contributed by atoms with E-state index in [0.717, 1.165) is 12.8 Å². The summed E-state index contributed by atoms with van der Waals surface area (Å²) in [6.07, 6.45) is 5.02. The maximum Gasteiger partial charge on any atom is 0.293 e. The van der Waals surface area contributed by atoms with Gasteiger partial charge in [-0.3, -0.25) is 4.79 Å². The first-order chi connectivity index (χ1) is 10.8. The summed E-state index contributed by atoms with van der Waals surface area (Å²) < 4.78 is 15.5. The van der Waals surface area contributed by atoms with Crippen molar-refractivity contribution in [3.05, 3.63) is 42.1 Å². The fraction of sp³-hybridized carbons (Fsp3) is 0.286. The van der Waals surface area contributed by atoms with Crippen molar-refractivity contribution in [2.24, 2.45) is 0 Å². The highest BCUT2D eigenvalue weighted by molar-refractivity contribution is 5.91. The Hall–Kier alpha value is -2.90. The largest absolute Gasteiger partial charge is 0.459 e. The van der Waals surface area contributed by atoms with Crippen LogP contribution in [0, 0.1) is 0 Å². The molecule has 0 radical (unpaired) electrons. The number of hydrogen-bond donors (Lipinski definition) is 1. The van der Waals surface area contributed by atoms with Crippen LogP contribution in [0.4, 0.5) is 0 Å². The molecule has 22 heavy (non-hydrogen) atoms. The van der Waals surface area contributed by atoms with E-state index < -0.39 is 0 Å². The highest BCUT2D eigenvalue weighted by Crippen LogP contribution is 2.39. The second-order valence-corrected chi connectivity index (χ2v) is 5.02. The summed E-state index contributed by atoms with van der Waals surface area (Å²) in [7, 11) is 0. The Morgan fingerprint density at radius 1 is 1.32 bits per heavy atom. The average molecular weight is 300 g/mol. The molecule has 1 saturated carbocycles. The molecule has 3 heterocycles. The first-order valence-corrected chi connectivity index (χ1v) is 6.89. The number of carbonyl (C=O) groups is 1. The van der Waals surface area contributed by atoms with Gasteiger partial charge in [0.15, 0.2) is 23.2 Å². The second kappa shape index (κ2) is 5.14. The topological polar surface area (TPSA) is 107 Å². The summed E-state index contributed by atoms with van der Waals surface area (Å²) >= 11 is 0. The number of furan rings is 1. The molecule has 4 rings (SSSR count). The molecule has 0 atom stereocenters. The molecule has 0 aromatic carbocycles. The summed E-state index contributed by atoms with van der Waals surface area (Å²) in [5, 5.41) is 6.45. The van der Waals surface area contributed by atoms with Gasteiger partial charge in [-0.2, -0.15) is 4.98 Å². The Labute approximate surface area is 124 Å². The zero-order valence-corrected chi connectivity index (χ0v) is 11.5. The number of hydrogen-bond acceptors (Lipinski definition) is 7. The van der Waals surface area contributed by atoms with E-state index in [1.807, 2.05) is 0 Å². The average Bonchev–Trinajstić information content (AvgIpc) is 3.02. The number of oxazole rings is 1. The lowest BCUT2D eigenvalue weighted by Crippen LogP contribution is -2.23. The van der Waals surface area contributed by atoms with Crippen LogP contribution in [0.15, 0.2) is 38.0 Å². The van der Waals surface area contributed by atoms with Crippen LogP contribution in [0.1, 0.15) is 41.0 Å². The summed E-state index contributed by atoms with van der Waals surface area (Å²) in [6, 6.07) is 3.44. The molecular formula is C14H12N4O4. The van der Waals surface area contributed by atoms with Crippen molar-refractivity contribution >= 4 is 5.91 Å². The molecule has 112 valence electrons. The Morgan fingerprint density at radius 2 is 2.23 bits per heavy atom. The van der Waals surface area contributed by atoms with E-state index >= 15 is 0 Å². The van der Waals surface area contributed by atoms with Gasteiger partial charge in [-0.25, -0.2) is 4.98 Å². The van der Waals surface area contributed by atoms with Gasteiger partial charge in [-0.1, -0.05) is 5.16 Å². The first-order valence-electron chi connectivity index (χ1n) is 6.89. The fourth-order valence-corrected chi connectivity index (χ4v) is 1.99. The summed E-state index contributed by atoms with van der Waals surface area (Å²) in [5.41, 5.74) is 0.261. The molecule has 3 aromatic rings. The van der Waals surface area contributed by atoms with Gasteiger partial charge in [0.05, 0.1) is 12.8 Å². The molecular weight excluding hydrogens is 288 g/mol. The van der Waals surface area contributed by atoms with Crippen LogP contribution in [-0.4, -0.2) is 21.0 Å². The Bertz CT molecular complexity index is 785. The standard InChI is InChI=1S/C14H12N4O4/c19-12(9-7-21-13(16-9)8-3-4-8)15-6-11-17-14(22-18-11)10-2-1-5-20-10/h1-2,5,7-8H,3-4,6H2,(H,15,19). The van der Waals surface area contributed by atoms with Crippen LogP contribution in [-0.2, 0) is 6.54 Å². The first kappa shape index (κ1) is 12.8. The Kier molecular flexibility index (Phi) is 2.99. The van der Waals surface area contributed by atoms with Crippen LogP contribution in [0.25, 0.3) is 11.7 Å². The lowest BCUT2D eigenvalue weighted by Gasteiger charge is -1.97. The number of nitrogens with zero attached hydrogens (tertiary/aromatic N) is 3. The highest BCUT2D eigenvalue weighted by atomic mass is 16.5. The van der Waals surface area contributed by atoms with Crippen LogP contribution in [0.5, 0.6) is 0 Å². The lowest BCUT2D eigenvalue weighted by molar-refractivity contribution is 0.0944. The molecule has 8 nitrogen and oxygen atoms in total. The van der Waals surface area contributed by atoms with Crippen molar-refractivity contribution in [1.82, 2.24) is 20.4 Å². The molecule has 1 amide bonds. The van der Waals surface area contributed by atoms with E-state index in [1.165, 1.54) is 12.5 Å². The molecule has 1 aliphatic carbocycles. The van der Waals surface area contributed by atoms with Gasteiger partial charge in [0, 0.05) is 5.92 Å². The van der Waals surface area contributed by atoms with Gasteiger partial charge in [-0.05, 0) is 25.0 Å². The maximum absolute atomic E-state index is 12.0.